The van der Waals surface area contributed by atoms with Crippen molar-refractivity contribution >= 4 is 37.4 Å². The molecule has 0 amide bonds. The number of hydrogen-bond donors (Lipinski definition) is 0. The van der Waals surface area contributed by atoms with Crippen molar-refractivity contribution in [3.05, 3.63) is 248 Å². The van der Waals surface area contributed by atoms with E-state index in [2.05, 4.69) is 48.5 Å². The van der Waals surface area contributed by atoms with E-state index in [1.165, 1.54) is 0 Å². The van der Waals surface area contributed by atoms with Gasteiger partial charge in [-0.25, -0.2) is 18.7 Å². The molecule has 0 N–H and O–H groups in total. The summed E-state index contributed by atoms with van der Waals surface area (Å²) in [4.78, 5) is 58.8. The van der Waals surface area contributed by atoms with Gasteiger partial charge in [0.05, 0.1) is 49.7 Å². The van der Waals surface area contributed by atoms with E-state index in [0.717, 1.165) is 34.6 Å². The Morgan fingerprint density at radius 2 is 0.508 bits per heavy atom. The third-order valence-corrected chi connectivity index (χ3v) is 18.9. The zero-order valence-corrected chi connectivity index (χ0v) is 36.9. The van der Waals surface area contributed by atoms with Crippen LogP contribution in [0.3, 0.4) is 0 Å². The van der Waals surface area contributed by atoms with E-state index < -0.39 is 15.8 Å². The molecule has 0 bridgehead atoms. The molecule has 0 saturated carbocycles. The van der Waals surface area contributed by atoms with Crippen molar-refractivity contribution in [2.75, 3.05) is 12.3 Å². The first-order valence-corrected chi connectivity index (χ1v) is 22.7. The maximum atomic E-state index is 14.7. The number of benzene rings is 6. The van der Waals surface area contributed by atoms with Gasteiger partial charge in [-0.3, -0.25) is 19.2 Å². The molecule has 2 aromatic heterocycles. The molecule has 0 unspecified atom stereocenters. The molecule has 0 fully saturated rings. The number of rotatable bonds is 7. The minimum atomic E-state index is -1.74. The minimum Gasteiger partial charge on any atom is -0.358 e. The Morgan fingerprint density at radius 3 is 0.712 bits per heavy atom. The van der Waals surface area contributed by atoms with Gasteiger partial charge in [0, 0.05) is 22.3 Å². The molecule has 10 rings (SSSR count). The standard InChI is InChI=1S/C46H36N4O4P2.2CH3.Pt/c51-39-35-25-13-14-26-36(35)40(52)48-44(32-19-7-2-8-20-32)55(43(47(39)48)31-17-5-1-6-18-31)29-30-56-45(33-21-9-3-10-22-33)49-41(53)37-27-15-16-28-38(37)42(54)50(49)46(56)34-23-11-4-12-24-34;;;/h1-28,43-46H,29-30H2;2*1H3;/q;2*-1;+2/p+2/t43-,44-,45-,46-;;;/m0.../s1. The Balaban J connectivity index is 0.00000176. The van der Waals surface area contributed by atoms with Crippen LogP contribution in [0.2, 0.25) is 0 Å². The zero-order valence-electron chi connectivity index (χ0n) is 32.6. The molecule has 298 valence electrons. The molecule has 2 aliphatic heterocycles. The van der Waals surface area contributed by atoms with Gasteiger partial charge in [-0.2, -0.15) is 0 Å². The molecular weight excluding hydrogens is 954 g/mol. The van der Waals surface area contributed by atoms with Crippen LogP contribution in [0.25, 0.3) is 21.5 Å². The molecule has 2 aliphatic rings. The first-order valence-electron chi connectivity index (χ1n) is 19.0. The van der Waals surface area contributed by atoms with Crippen LogP contribution in [-0.2, 0) is 21.1 Å². The summed E-state index contributed by atoms with van der Waals surface area (Å²) >= 11 is 0. The van der Waals surface area contributed by atoms with E-state index >= 15 is 0 Å². The summed E-state index contributed by atoms with van der Waals surface area (Å²) in [7, 11) is -3.47. The minimum absolute atomic E-state index is 0. The molecule has 0 spiro atoms. The van der Waals surface area contributed by atoms with Gasteiger partial charge in [0.2, 0.25) is 0 Å². The van der Waals surface area contributed by atoms with Crippen LogP contribution in [0.5, 0.6) is 0 Å². The maximum Gasteiger partial charge on any atom is 2.00 e. The molecular formula is C48H44N4O4P2Pt+2. The van der Waals surface area contributed by atoms with E-state index in [4.69, 9.17) is 0 Å². The van der Waals surface area contributed by atoms with Crippen molar-refractivity contribution in [2.24, 2.45) is 0 Å². The summed E-state index contributed by atoms with van der Waals surface area (Å²) in [6.07, 6.45) is 1.46. The molecule has 8 aromatic rings. The van der Waals surface area contributed by atoms with Gasteiger partial charge in [0.1, 0.15) is 0 Å². The van der Waals surface area contributed by atoms with Gasteiger partial charge >= 0.3 is 21.1 Å². The van der Waals surface area contributed by atoms with Crippen LogP contribution in [-0.4, -0.2) is 31.1 Å². The number of aromatic nitrogens is 4. The van der Waals surface area contributed by atoms with E-state index in [-0.39, 0.29) is 81.3 Å². The van der Waals surface area contributed by atoms with Gasteiger partial charge in [-0.1, -0.05) is 146 Å². The molecule has 0 saturated heterocycles. The second-order valence-electron chi connectivity index (χ2n) is 14.6. The molecule has 4 heterocycles. The molecule has 59 heavy (non-hydrogen) atoms. The fourth-order valence-corrected chi connectivity index (χ4v) is 18.0. The van der Waals surface area contributed by atoms with Crippen molar-refractivity contribution in [3.63, 3.8) is 0 Å². The van der Waals surface area contributed by atoms with Crippen molar-refractivity contribution in [1.82, 2.24) is 18.7 Å². The predicted octanol–water partition coefficient (Wildman–Crippen LogP) is 8.88. The summed E-state index contributed by atoms with van der Waals surface area (Å²) in [6.45, 7) is 0. The Labute approximate surface area is 359 Å². The summed E-state index contributed by atoms with van der Waals surface area (Å²) in [6, 6.07) is 54.8. The summed E-state index contributed by atoms with van der Waals surface area (Å²) in [5.41, 5.74) is 3.28. The maximum absolute atomic E-state index is 14.7. The van der Waals surface area contributed by atoms with Crippen LogP contribution in [0.15, 0.2) is 189 Å². The Morgan fingerprint density at radius 1 is 0.322 bits per heavy atom. The van der Waals surface area contributed by atoms with Crippen molar-refractivity contribution in [2.45, 2.75) is 23.1 Å². The van der Waals surface area contributed by atoms with Crippen molar-refractivity contribution in [3.8, 4) is 0 Å². The molecule has 8 nitrogen and oxygen atoms in total. The Hall–Kier alpha value is -5.25. The van der Waals surface area contributed by atoms with E-state index in [0.29, 0.717) is 21.5 Å². The predicted molar refractivity (Wildman–Crippen MR) is 242 cm³/mol. The average Bonchev–Trinajstić information content (AvgIpc) is 3.79. The van der Waals surface area contributed by atoms with Gasteiger partial charge in [0.25, 0.3) is 22.2 Å². The molecule has 11 heteroatoms. The van der Waals surface area contributed by atoms with Gasteiger partial charge < -0.3 is 14.9 Å². The van der Waals surface area contributed by atoms with Crippen LogP contribution >= 0.6 is 15.8 Å². The van der Waals surface area contributed by atoms with Gasteiger partial charge in [-0.15, -0.1) is 0 Å². The smallest absolute Gasteiger partial charge is 0.358 e. The first-order chi connectivity index (χ1) is 27.5. The monoisotopic (exact) mass is 997 g/mol. The zero-order chi connectivity index (χ0) is 37.9. The van der Waals surface area contributed by atoms with Crippen molar-refractivity contribution < 1.29 is 21.1 Å². The second kappa shape index (κ2) is 17.2. The third kappa shape index (κ3) is 6.76. The summed E-state index contributed by atoms with van der Waals surface area (Å²) < 4.78 is 7.05. The Bertz CT molecular complexity index is 2600. The fraction of sp³-hybridized carbons (Fsp3) is 0.125. The van der Waals surface area contributed by atoms with Gasteiger partial charge in [0.15, 0.2) is 23.1 Å². The molecule has 4 atom stereocenters. The molecule has 6 aromatic carbocycles. The number of hydrogen-bond acceptors (Lipinski definition) is 4. The van der Waals surface area contributed by atoms with Crippen LogP contribution in [0.4, 0.5) is 0 Å². The summed E-state index contributed by atoms with van der Waals surface area (Å²) in [5, 5.41) is 1.67. The topological polar surface area (TPSA) is 88.0 Å². The Kier molecular flexibility index (Phi) is 12.2. The molecule has 0 radical (unpaired) electrons. The van der Waals surface area contributed by atoms with Crippen LogP contribution in [0, 0.1) is 14.9 Å². The first kappa shape index (κ1) is 41.9. The van der Waals surface area contributed by atoms with Gasteiger partial charge in [-0.05, 0) is 24.3 Å². The number of nitrogens with zero attached hydrogens (tertiary/aromatic N) is 4. The largest absolute Gasteiger partial charge is 2.00 e. The van der Waals surface area contributed by atoms with E-state index in [1.54, 1.807) is 43.0 Å². The van der Waals surface area contributed by atoms with Crippen molar-refractivity contribution in [1.29, 1.82) is 0 Å². The fourth-order valence-electron chi connectivity index (χ4n) is 9.29. The number of fused-ring (bicyclic) bond motifs is 4. The normalized spacial score (nSPS) is 18.4. The van der Waals surface area contributed by atoms with E-state index in [9.17, 15) is 19.2 Å². The van der Waals surface area contributed by atoms with Crippen LogP contribution in [0.1, 0.15) is 45.4 Å². The molecule has 0 aliphatic carbocycles. The summed E-state index contributed by atoms with van der Waals surface area (Å²) in [5.74, 6) is -1.39. The quantitative estimate of drug-likeness (QED) is 0.118. The average molecular weight is 998 g/mol. The second-order valence-corrected chi connectivity index (χ2v) is 20.1. The van der Waals surface area contributed by atoms with E-state index in [1.807, 2.05) is 97.1 Å². The SMILES string of the molecule is O=c1c2ccccc2c(=O)n2n1[C@H](c1ccccc1)[PH+](CC[PH+]1[C@@H](c3ccccc3)n3c(=O)c4ccccc4c(=O)n3[C@@H]1c1ccccc1)[C@H]2c1ccccc1.[CH3-].[CH3-].[Pt+2]. The third-order valence-electron chi connectivity index (χ3n) is 11.6. The van der Waals surface area contributed by atoms with Crippen LogP contribution < -0.4 is 22.2 Å².